The van der Waals surface area contributed by atoms with Crippen molar-refractivity contribution in [1.82, 2.24) is 0 Å². The Labute approximate surface area is 259 Å². The maximum absolute atomic E-state index is 13.3. The van der Waals surface area contributed by atoms with Gasteiger partial charge in [0.15, 0.2) is 6.10 Å². The topological polar surface area (TPSA) is 227 Å². The fraction of sp³-hybridized carbons (Fsp3) is 0.867. The Morgan fingerprint density at radius 1 is 0.523 bits per heavy atom. The van der Waals surface area contributed by atoms with E-state index in [1.807, 2.05) is 0 Å². The lowest BCUT2D eigenvalue weighted by atomic mass is 9.98. The normalized spacial score (nSPS) is 19.9. The Bertz CT molecular complexity index is 882. The molecule has 0 bridgehead atoms. The predicted molar refractivity (Wildman–Crippen MR) is 156 cm³/mol. The van der Waals surface area contributed by atoms with Crippen molar-refractivity contribution >= 4 is 23.9 Å². The number of aliphatic hydroxyl groups excluding tert-OH is 6. The molecule has 0 aromatic carbocycles. The highest BCUT2D eigenvalue weighted by Crippen LogP contribution is 2.23. The maximum Gasteiger partial charge on any atom is 0.348 e. The lowest BCUT2D eigenvalue weighted by Crippen LogP contribution is -2.48. The molecule has 258 valence electrons. The molecule has 12 atom stereocenters. The average Bonchev–Trinajstić information content (AvgIpc) is 3.03. The van der Waals surface area contributed by atoms with Crippen LogP contribution in [0.4, 0.5) is 0 Å². The maximum atomic E-state index is 13.3. The minimum absolute atomic E-state index is 0.345. The van der Waals surface area contributed by atoms with Crippen molar-refractivity contribution < 1.29 is 68.8 Å². The summed E-state index contributed by atoms with van der Waals surface area (Å²) in [6.45, 7) is 11.8. The predicted octanol–water partition coefficient (Wildman–Crippen LogP) is 0.246. The molecule has 0 radical (unpaired) electrons. The average molecular weight is 639 g/mol. The zero-order chi connectivity index (χ0) is 34.3. The minimum Gasteiger partial charge on any atom is -0.460 e. The molecule has 44 heavy (non-hydrogen) atoms. The SMILES string of the molecule is CC[C@@H](C)[C@@H](O)C(=O)O[C@H](C(=O)O[C@H](C(=O)O[C@H](C(=O)OC[C@H](O)[C@H](O)[C@H](O)[C@H](O)CO)[C@@H](C)CC)[C@@H](C)CC)[C@@H](C)CC. The van der Waals surface area contributed by atoms with Crippen molar-refractivity contribution in [3.63, 3.8) is 0 Å². The van der Waals surface area contributed by atoms with E-state index in [2.05, 4.69) is 0 Å². The van der Waals surface area contributed by atoms with Gasteiger partial charge < -0.3 is 49.6 Å². The van der Waals surface area contributed by atoms with Gasteiger partial charge in [-0.2, -0.15) is 0 Å². The molecule has 0 rings (SSSR count). The molecule has 0 aromatic rings. The standard InChI is InChI=1S/C30H54O14/c1-9-15(5)21(34)27(37)42-25(17(7)11-3)29(39)44-26(18(8)12-4)30(40)43-24(16(6)10-2)28(38)41-14-20(33)23(36)22(35)19(32)13-31/h15-26,31-36H,9-14H2,1-8H3/t15-,16+,17+,18+,19-,20+,21-,22-,23+,24+,25+,26+/m1/s1. The Kier molecular flexibility index (Phi) is 19.5. The lowest BCUT2D eigenvalue weighted by Gasteiger charge is -2.29. The first-order chi connectivity index (χ1) is 20.5. The molecule has 14 nitrogen and oxygen atoms in total. The number of carbonyl (C=O) groups excluding carboxylic acids is 4. The van der Waals surface area contributed by atoms with Gasteiger partial charge in [-0.05, 0) is 25.2 Å². The molecule has 0 spiro atoms. The second kappa shape index (κ2) is 20.6. The van der Waals surface area contributed by atoms with E-state index in [4.69, 9.17) is 24.1 Å². The number of carbonyl (C=O) groups is 4. The molecular weight excluding hydrogens is 584 g/mol. The first-order valence-corrected chi connectivity index (χ1v) is 15.3. The number of hydrogen-bond donors (Lipinski definition) is 6. The van der Waals surface area contributed by atoms with Crippen LogP contribution in [0.5, 0.6) is 0 Å². The summed E-state index contributed by atoms with van der Waals surface area (Å²) >= 11 is 0. The summed E-state index contributed by atoms with van der Waals surface area (Å²) in [4.78, 5) is 52.1. The van der Waals surface area contributed by atoms with Crippen LogP contribution in [0.3, 0.4) is 0 Å². The Morgan fingerprint density at radius 3 is 1.23 bits per heavy atom. The van der Waals surface area contributed by atoms with Crippen molar-refractivity contribution in [2.24, 2.45) is 23.7 Å². The molecule has 0 fully saturated rings. The monoisotopic (exact) mass is 638 g/mol. The van der Waals surface area contributed by atoms with Gasteiger partial charge in [-0.1, -0.05) is 61.8 Å². The van der Waals surface area contributed by atoms with Gasteiger partial charge in [0.25, 0.3) is 0 Å². The molecule has 0 heterocycles. The quantitative estimate of drug-likeness (QED) is 0.0732. The van der Waals surface area contributed by atoms with Crippen LogP contribution in [0.15, 0.2) is 0 Å². The summed E-state index contributed by atoms with van der Waals surface area (Å²) in [5.74, 6) is -6.29. The molecule has 0 aromatic heterocycles. The summed E-state index contributed by atoms with van der Waals surface area (Å²) < 4.78 is 21.4. The van der Waals surface area contributed by atoms with Crippen LogP contribution in [-0.4, -0.2) is 117 Å². The van der Waals surface area contributed by atoms with Gasteiger partial charge in [-0.3, -0.25) is 0 Å². The Morgan fingerprint density at radius 2 is 0.864 bits per heavy atom. The van der Waals surface area contributed by atoms with Crippen LogP contribution < -0.4 is 0 Å². The van der Waals surface area contributed by atoms with Crippen LogP contribution in [-0.2, 0) is 38.1 Å². The van der Waals surface area contributed by atoms with Crippen LogP contribution in [0.25, 0.3) is 0 Å². The Balaban J connectivity index is 5.85. The number of esters is 4. The zero-order valence-corrected chi connectivity index (χ0v) is 27.1. The third kappa shape index (κ3) is 12.6. The fourth-order valence-corrected chi connectivity index (χ4v) is 3.78. The fourth-order valence-electron chi connectivity index (χ4n) is 3.78. The third-order valence-corrected chi connectivity index (χ3v) is 8.05. The smallest absolute Gasteiger partial charge is 0.348 e. The molecule has 0 amide bonds. The summed E-state index contributed by atoms with van der Waals surface area (Å²) in [5, 5.41) is 58.5. The number of rotatable bonds is 21. The molecular formula is C30H54O14. The zero-order valence-electron chi connectivity index (χ0n) is 27.1. The van der Waals surface area contributed by atoms with E-state index in [-0.39, 0.29) is 0 Å². The molecule has 14 heteroatoms. The minimum atomic E-state index is -1.97. The van der Waals surface area contributed by atoms with Crippen molar-refractivity contribution in [3.05, 3.63) is 0 Å². The first kappa shape index (κ1) is 41.6. The lowest BCUT2D eigenvalue weighted by molar-refractivity contribution is -0.194. The summed E-state index contributed by atoms with van der Waals surface area (Å²) in [5.41, 5.74) is 0. The second-order valence-electron chi connectivity index (χ2n) is 11.5. The number of hydrogen-bond acceptors (Lipinski definition) is 14. The van der Waals surface area contributed by atoms with E-state index in [0.717, 1.165) is 0 Å². The van der Waals surface area contributed by atoms with Crippen LogP contribution in [0.2, 0.25) is 0 Å². The van der Waals surface area contributed by atoms with E-state index in [9.17, 15) is 44.7 Å². The second-order valence-corrected chi connectivity index (χ2v) is 11.5. The molecule has 0 aliphatic carbocycles. The van der Waals surface area contributed by atoms with Crippen LogP contribution in [0, 0.1) is 23.7 Å². The number of aliphatic hydroxyl groups is 6. The van der Waals surface area contributed by atoms with Crippen LogP contribution >= 0.6 is 0 Å². The third-order valence-electron chi connectivity index (χ3n) is 8.05. The molecule has 0 unspecified atom stereocenters. The highest BCUT2D eigenvalue weighted by molar-refractivity contribution is 5.86. The Hall–Kier alpha value is -2.36. The van der Waals surface area contributed by atoms with Crippen molar-refractivity contribution in [3.8, 4) is 0 Å². The molecule has 0 aliphatic rings. The van der Waals surface area contributed by atoms with Gasteiger partial charge >= 0.3 is 23.9 Å². The van der Waals surface area contributed by atoms with Gasteiger partial charge in [0.1, 0.15) is 31.0 Å². The van der Waals surface area contributed by atoms with Crippen molar-refractivity contribution in [2.45, 2.75) is 130 Å². The van der Waals surface area contributed by atoms with Crippen molar-refractivity contribution in [1.29, 1.82) is 0 Å². The van der Waals surface area contributed by atoms with Gasteiger partial charge in [0.05, 0.1) is 6.61 Å². The molecule has 0 saturated heterocycles. The summed E-state index contributed by atoms with van der Waals surface area (Å²) in [6, 6.07) is 0. The highest BCUT2D eigenvalue weighted by Gasteiger charge is 2.40. The molecule has 6 N–H and O–H groups in total. The van der Waals surface area contributed by atoms with Gasteiger partial charge in [0.2, 0.25) is 18.3 Å². The molecule has 0 aliphatic heterocycles. The van der Waals surface area contributed by atoms with Crippen LogP contribution in [0.1, 0.15) is 81.1 Å². The summed E-state index contributed by atoms with van der Waals surface area (Å²) in [7, 11) is 0. The van der Waals surface area contributed by atoms with Gasteiger partial charge in [-0.15, -0.1) is 0 Å². The van der Waals surface area contributed by atoms with E-state index < -0.39 is 110 Å². The molecule has 0 saturated carbocycles. The van der Waals surface area contributed by atoms with E-state index in [1.165, 1.54) is 0 Å². The van der Waals surface area contributed by atoms with E-state index >= 15 is 0 Å². The largest absolute Gasteiger partial charge is 0.460 e. The highest BCUT2D eigenvalue weighted by atomic mass is 16.6. The first-order valence-electron chi connectivity index (χ1n) is 15.3. The number of ether oxygens (including phenoxy) is 4. The summed E-state index contributed by atoms with van der Waals surface area (Å²) in [6.07, 6.45) is -11.8. The van der Waals surface area contributed by atoms with Gasteiger partial charge in [-0.25, -0.2) is 19.2 Å². The van der Waals surface area contributed by atoms with E-state index in [0.29, 0.717) is 25.7 Å². The van der Waals surface area contributed by atoms with E-state index in [1.54, 1.807) is 55.4 Å². The van der Waals surface area contributed by atoms with Gasteiger partial charge in [0, 0.05) is 17.8 Å². The van der Waals surface area contributed by atoms with Crippen molar-refractivity contribution in [2.75, 3.05) is 13.2 Å².